The van der Waals surface area contributed by atoms with E-state index in [2.05, 4.69) is 17.2 Å². The Morgan fingerprint density at radius 3 is 2.71 bits per heavy atom. The van der Waals surface area contributed by atoms with Crippen LogP contribution in [0.5, 0.6) is 11.5 Å². The van der Waals surface area contributed by atoms with Crippen molar-refractivity contribution < 1.29 is 33.4 Å². The highest BCUT2D eigenvalue weighted by Gasteiger charge is 2.33. The van der Waals surface area contributed by atoms with Crippen LogP contribution in [0.15, 0.2) is 48.7 Å². The summed E-state index contributed by atoms with van der Waals surface area (Å²) in [5, 5.41) is 14.8. The molecule has 0 saturated carbocycles. The van der Waals surface area contributed by atoms with Crippen molar-refractivity contribution in [3.8, 4) is 11.5 Å². The largest absolute Gasteiger partial charge is 0.484 e. The Labute approximate surface area is 210 Å². The maximum atomic E-state index is 13.4. The first-order valence-corrected chi connectivity index (χ1v) is 11.1. The molecule has 3 amide bonds. The second kappa shape index (κ2) is 11.9. The van der Waals surface area contributed by atoms with Gasteiger partial charge in [0.25, 0.3) is 17.7 Å². The average molecular weight is 526 g/mol. The molecular formula is C23H22Cl2FN3O6. The average Bonchev–Trinajstić information content (AvgIpc) is 2.83. The first kappa shape index (κ1) is 26.3. The van der Waals surface area contributed by atoms with Crippen molar-refractivity contribution in [1.29, 1.82) is 0 Å². The summed E-state index contributed by atoms with van der Waals surface area (Å²) in [6, 6.07) is 8.41. The maximum Gasteiger partial charge on any atom is 0.262 e. The molecule has 1 aliphatic heterocycles. The minimum Gasteiger partial charge on any atom is -0.484 e. The van der Waals surface area contributed by atoms with Gasteiger partial charge in [-0.15, -0.1) is 0 Å². The van der Waals surface area contributed by atoms with Crippen LogP contribution in [-0.4, -0.2) is 55.2 Å². The molecule has 1 unspecified atom stereocenters. The van der Waals surface area contributed by atoms with Gasteiger partial charge in [0.1, 0.15) is 23.9 Å². The van der Waals surface area contributed by atoms with Crippen LogP contribution >= 0.6 is 23.2 Å². The van der Waals surface area contributed by atoms with E-state index < -0.39 is 36.2 Å². The Bertz CT molecular complexity index is 1150. The van der Waals surface area contributed by atoms with Gasteiger partial charge in [0.2, 0.25) is 0 Å². The Balaban J connectivity index is 1.45. The smallest absolute Gasteiger partial charge is 0.262 e. The summed E-state index contributed by atoms with van der Waals surface area (Å²) in [7, 11) is 0. The zero-order chi connectivity index (χ0) is 25.5. The first-order valence-electron chi connectivity index (χ1n) is 10.4. The van der Waals surface area contributed by atoms with E-state index in [1.165, 1.54) is 29.2 Å². The Kier molecular flexibility index (Phi) is 8.91. The molecule has 0 aromatic heterocycles. The number of fused-ring (bicyclic) bond motifs is 1. The molecule has 3 N–H and O–H groups in total. The number of amides is 3. The number of aliphatic hydroxyl groups excluding tert-OH is 1. The summed E-state index contributed by atoms with van der Waals surface area (Å²) in [6.45, 7) is 2.63. The summed E-state index contributed by atoms with van der Waals surface area (Å²) in [5.41, 5.74) is 0.683. The van der Waals surface area contributed by atoms with Crippen LogP contribution in [0.4, 0.5) is 10.1 Å². The minimum absolute atomic E-state index is 0.0582. The van der Waals surface area contributed by atoms with Gasteiger partial charge in [-0.05, 0) is 30.3 Å². The van der Waals surface area contributed by atoms with Gasteiger partial charge < -0.3 is 30.1 Å². The zero-order valence-corrected chi connectivity index (χ0v) is 19.9. The fourth-order valence-electron chi connectivity index (χ4n) is 3.18. The van der Waals surface area contributed by atoms with Crippen molar-refractivity contribution in [2.45, 2.75) is 12.5 Å². The van der Waals surface area contributed by atoms with Gasteiger partial charge in [0, 0.05) is 29.8 Å². The molecule has 12 heteroatoms. The number of hydrogen-bond acceptors (Lipinski definition) is 6. The Morgan fingerprint density at radius 1 is 1.23 bits per heavy atom. The molecule has 1 atom stereocenters. The normalized spacial score (nSPS) is 14.4. The number of benzene rings is 2. The molecule has 9 nitrogen and oxygen atoms in total. The van der Waals surface area contributed by atoms with Crippen LogP contribution in [0.2, 0.25) is 10.0 Å². The third-order valence-corrected chi connectivity index (χ3v) is 5.40. The first-order chi connectivity index (χ1) is 16.7. The van der Waals surface area contributed by atoms with Crippen LogP contribution in [0.25, 0.3) is 0 Å². The second-order valence-electron chi connectivity index (χ2n) is 7.44. The van der Waals surface area contributed by atoms with Crippen LogP contribution in [0, 0.1) is 5.82 Å². The summed E-state index contributed by atoms with van der Waals surface area (Å²) >= 11 is 11.6. The van der Waals surface area contributed by atoms with Gasteiger partial charge in [0.15, 0.2) is 12.7 Å². The van der Waals surface area contributed by atoms with Crippen molar-refractivity contribution in [2.75, 3.05) is 31.2 Å². The fraction of sp³-hybridized carbons (Fsp3) is 0.261. The summed E-state index contributed by atoms with van der Waals surface area (Å²) in [5.74, 6) is -1.85. The Morgan fingerprint density at radius 2 is 2.00 bits per heavy atom. The van der Waals surface area contributed by atoms with E-state index in [9.17, 15) is 23.9 Å². The fourth-order valence-corrected chi connectivity index (χ4v) is 3.46. The van der Waals surface area contributed by atoms with Crippen molar-refractivity contribution in [1.82, 2.24) is 10.6 Å². The SMILES string of the molecule is C=C(CCNC(=O)C1CN(C(=O)CO)c2cc(Cl)ccc2O1)NC(=O)COc1ccc(Cl)c(F)c1. The molecule has 186 valence electrons. The number of carbonyl (C=O) groups is 3. The number of carbonyl (C=O) groups excluding carboxylic acids is 3. The number of anilines is 1. The van der Waals surface area contributed by atoms with E-state index in [0.717, 1.165) is 6.07 Å². The van der Waals surface area contributed by atoms with E-state index in [1.807, 2.05) is 0 Å². The number of rotatable bonds is 9. The quantitative estimate of drug-likeness (QED) is 0.462. The second-order valence-corrected chi connectivity index (χ2v) is 8.28. The Hall–Kier alpha value is -3.34. The van der Waals surface area contributed by atoms with Crippen molar-refractivity contribution in [3.63, 3.8) is 0 Å². The maximum absolute atomic E-state index is 13.4. The summed E-state index contributed by atoms with van der Waals surface area (Å²) in [6.07, 6.45) is -0.805. The zero-order valence-electron chi connectivity index (χ0n) is 18.4. The van der Waals surface area contributed by atoms with Gasteiger partial charge in [-0.1, -0.05) is 29.8 Å². The number of nitrogens with one attached hydrogen (secondary N) is 2. The van der Waals surface area contributed by atoms with E-state index in [-0.39, 0.29) is 42.6 Å². The predicted octanol–water partition coefficient (Wildman–Crippen LogP) is 2.43. The summed E-state index contributed by atoms with van der Waals surface area (Å²) in [4.78, 5) is 38.0. The number of aliphatic hydroxyl groups is 1. The molecule has 0 aliphatic carbocycles. The molecule has 0 fully saturated rings. The molecule has 2 aromatic carbocycles. The van der Waals surface area contributed by atoms with Gasteiger partial charge >= 0.3 is 0 Å². The lowest BCUT2D eigenvalue weighted by atomic mass is 10.1. The molecule has 0 bridgehead atoms. The topological polar surface area (TPSA) is 117 Å². The van der Waals surface area contributed by atoms with Crippen molar-refractivity contribution in [2.24, 2.45) is 0 Å². The number of hydrogen-bond donors (Lipinski definition) is 3. The van der Waals surface area contributed by atoms with Crippen molar-refractivity contribution in [3.05, 3.63) is 64.5 Å². The van der Waals surface area contributed by atoms with Gasteiger partial charge in [-0.2, -0.15) is 0 Å². The van der Waals surface area contributed by atoms with E-state index in [0.29, 0.717) is 16.4 Å². The number of ether oxygens (including phenoxy) is 2. The number of halogens is 3. The predicted molar refractivity (Wildman–Crippen MR) is 127 cm³/mol. The standard InChI is InChI=1S/C23H22Cl2FN3O6/c1-13(28-21(31)12-34-15-3-4-16(25)17(26)9-15)6-7-27-23(33)20-10-29(22(32)11-30)18-8-14(24)2-5-19(18)35-20/h2-5,8-9,20,30H,1,6-7,10-12H2,(H,27,33)(H,28,31). The lowest BCUT2D eigenvalue weighted by Crippen LogP contribution is -2.51. The monoisotopic (exact) mass is 525 g/mol. The lowest BCUT2D eigenvalue weighted by Gasteiger charge is -2.34. The van der Waals surface area contributed by atoms with Gasteiger partial charge in [0.05, 0.1) is 17.3 Å². The highest BCUT2D eigenvalue weighted by atomic mass is 35.5. The highest BCUT2D eigenvalue weighted by molar-refractivity contribution is 6.31. The summed E-state index contributed by atoms with van der Waals surface area (Å²) < 4.78 is 24.3. The van der Waals surface area contributed by atoms with E-state index in [1.54, 1.807) is 6.07 Å². The third-order valence-electron chi connectivity index (χ3n) is 4.86. The van der Waals surface area contributed by atoms with E-state index >= 15 is 0 Å². The molecule has 1 aliphatic rings. The van der Waals surface area contributed by atoms with Crippen LogP contribution in [0.3, 0.4) is 0 Å². The molecule has 1 heterocycles. The molecular weight excluding hydrogens is 504 g/mol. The highest BCUT2D eigenvalue weighted by Crippen LogP contribution is 2.35. The third kappa shape index (κ3) is 7.08. The van der Waals surface area contributed by atoms with Crippen LogP contribution < -0.4 is 25.0 Å². The van der Waals surface area contributed by atoms with Crippen LogP contribution in [0.1, 0.15) is 6.42 Å². The van der Waals surface area contributed by atoms with E-state index in [4.69, 9.17) is 32.7 Å². The molecule has 0 spiro atoms. The van der Waals surface area contributed by atoms with Gasteiger partial charge in [-0.25, -0.2) is 4.39 Å². The molecule has 3 rings (SSSR count). The molecule has 35 heavy (non-hydrogen) atoms. The van der Waals surface area contributed by atoms with Crippen LogP contribution in [-0.2, 0) is 14.4 Å². The molecule has 0 radical (unpaired) electrons. The molecule has 2 aromatic rings. The lowest BCUT2D eigenvalue weighted by molar-refractivity contribution is -0.128. The van der Waals surface area contributed by atoms with Crippen molar-refractivity contribution >= 4 is 46.6 Å². The minimum atomic E-state index is -1.02. The van der Waals surface area contributed by atoms with Gasteiger partial charge in [-0.3, -0.25) is 14.4 Å². The molecule has 0 saturated heterocycles. The number of nitrogens with zero attached hydrogens (tertiary/aromatic N) is 1.